The lowest BCUT2D eigenvalue weighted by atomic mass is 10.3. The molecule has 1 aromatic heterocycles. The van der Waals surface area contributed by atoms with Crippen LogP contribution in [0, 0.1) is 5.82 Å². The minimum atomic E-state index is -3.55. The number of halogens is 2. The molecule has 0 unspecified atom stereocenters. The van der Waals surface area contributed by atoms with E-state index in [0.29, 0.717) is 31.2 Å². The maximum absolute atomic E-state index is 13.0. The van der Waals surface area contributed by atoms with E-state index in [9.17, 15) is 17.6 Å². The van der Waals surface area contributed by atoms with Crippen LogP contribution in [0.15, 0.2) is 34.5 Å². The SMILES string of the molecule is O=C(COc1ccc(F)cc1Cl)NCc1ccc(S(=O)(=O)N2CCOCC2)s1. The number of carbonyl (C=O) groups excluding carboxylic acids is 1. The van der Waals surface area contributed by atoms with Crippen molar-refractivity contribution in [1.82, 2.24) is 9.62 Å². The molecular formula is C17H18ClFN2O5S2. The summed E-state index contributed by atoms with van der Waals surface area (Å²) in [5, 5.41) is 2.72. The van der Waals surface area contributed by atoms with Gasteiger partial charge in [0.05, 0.1) is 24.8 Å². The quantitative estimate of drug-likeness (QED) is 0.702. The van der Waals surface area contributed by atoms with Crippen LogP contribution in [0.25, 0.3) is 0 Å². The number of morpholine rings is 1. The van der Waals surface area contributed by atoms with Gasteiger partial charge in [0.15, 0.2) is 6.61 Å². The Morgan fingerprint density at radius 2 is 2.04 bits per heavy atom. The monoisotopic (exact) mass is 448 g/mol. The molecule has 1 saturated heterocycles. The van der Waals surface area contributed by atoms with Crippen LogP contribution in [0.1, 0.15) is 4.88 Å². The Hall–Kier alpha value is -1.72. The largest absolute Gasteiger partial charge is 0.482 e. The van der Waals surface area contributed by atoms with Crippen LogP contribution in [0.5, 0.6) is 5.75 Å². The van der Waals surface area contributed by atoms with Gasteiger partial charge in [-0.05, 0) is 30.3 Å². The molecule has 1 aromatic carbocycles. The Bertz CT molecular complexity index is 945. The fraction of sp³-hybridized carbons (Fsp3) is 0.353. The van der Waals surface area contributed by atoms with Gasteiger partial charge >= 0.3 is 0 Å². The summed E-state index contributed by atoms with van der Waals surface area (Å²) >= 11 is 6.94. The normalized spacial score (nSPS) is 15.4. The third kappa shape index (κ3) is 5.21. The summed E-state index contributed by atoms with van der Waals surface area (Å²) in [5.74, 6) is -0.707. The van der Waals surface area contributed by atoms with Crippen molar-refractivity contribution in [3.8, 4) is 5.75 Å². The number of benzene rings is 1. The number of hydrogen-bond donors (Lipinski definition) is 1. The van der Waals surface area contributed by atoms with Gasteiger partial charge in [-0.25, -0.2) is 12.8 Å². The maximum Gasteiger partial charge on any atom is 0.258 e. The van der Waals surface area contributed by atoms with Gasteiger partial charge in [-0.1, -0.05) is 11.6 Å². The van der Waals surface area contributed by atoms with E-state index >= 15 is 0 Å². The summed E-state index contributed by atoms with van der Waals surface area (Å²) in [4.78, 5) is 12.6. The Kier molecular flexibility index (Phi) is 6.89. The Balaban J connectivity index is 1.51. The summed E-state index contributed by atoms with van der Waals surface area (Å²) in [6.45, 7) is 1.29. The smallest absolute Gasteiger partial charge is 0.258 e. The molecule has 2 aromatic rings. The number of nitrogens with zero attached hydrogens (tertiary/aromatic N) is 1. The lowest BCUT2D eigenvalue weighted by Crippen LogP contribution is -2.40. The molecule has 0 aliphatic carbocycles. The van der Waals surface area contributed by atoms with Crippen molar-refractivity contribution in [3.05, 3.63) is 46.0 Å². The van der Waals surface area contributed by atoms with Crippen LogP contribution in [0.4, 0.5) is 4.39 Å². The third-order valence-electron chi connectivity index (χ3n) is 3.91. The summed E-state index contributed by atoms with van der Waals surface area (Å²) in [7, 11) is -3.55. The maximum atomic E-state index is 13.0. The van der Waals surface area contributed by atoms with E-state index in [1.54, 1.807) is 6.07 Å². The molecule has 152 valence electrons. The number of ether oxygens (including phenoxy) is 2. The molecule has 1 aliphatic rings. The first kappa shape index (κ1) is 21.0. The van der Waals surface area contributed by atoms with Crippen molar-refractivity contribution in [3.63, 3.8) is 0 Å². The first-order chi connectivity index (χ1) is 13.4. The van der Waals surface area contributed by atoms with Gasteiger partial charge in [0.2, 0.25) is 0 Å². The van der Waals surface area contributed by atoms with E-state index in [-0.39, 0.29) is 28.1 Å². The molecule has 1 amide bonds. The van der Waals surface area contributed by atoms with Crippen molar-refractivity contribution < 1.29 is 27.1 Å². The average Bonchev–Trinajstić information content (AvgIpc) is 3.16. The highest BCUT2D eigenvalue weighted by Gasteiger charge is 2.27. The number of thiophene rings is 1. The molecule has 0 saturated carbocycles. The van der Waals surface area contributed by atoms with Gasteiger partial charge in [-0.3, -0.25) is 4.79 Å². The molecular weight excluding hydrogens is 431 g/mol. The van der Waals surface area contributed by atoms with E-state index < -0.39 is 21.7 Å². The number of carbonyl (C=O) groups is 1. The van der Waals surface area contributed by atoms with Crippen LogP contribution in [0.2, 0.25) is 5.02 Å². The Labute approximate surface area is 171 Å². The second kappa shape index (κ2) is 9.19. The van der Waals surface area contributed by atoms with Crippen LogP contribution in [-0.2, 0) is 26.1 Å². The van der Waals surface area contributed by atoms with Crippen molar-refractivity contribution in [1.29, 1.82) is 0 Å². The standard InChI is InChI=1S/C17H18ClFN2O5S2/c18-14-9-12(19)1-3-15(14)26-11-16(22)20-10-13-2-4-17(27-13)28(23,24)21-5-7-25-8-6-21/h1-4,9H,5-8,10-11H2,(H,20,22). The molecule has 7 nitrogen and oxygen atoms in total. The molecule has 1 aliphatic heterocycles. The molecule has 0 radical (unpaired) electrons. The minimum absolute atomic E-state index is 0.0732. The zero-order chi connectivity index (χ0) is 20.1. The number of nitrogens with one attached hydrogen (secondary N) is 1. The van der Waals surface area contributed by atoms with Crippen molar-refractivity contribution >= 4 is 38.9 Å². The van der Waals surface area contributed by atoms with Crippen molar-refractivity contribution in [2.24, 2.45) is 0 Å². The van der Waals surface area contributed by atoms with Crippen molar-refractivity contribution in [2.75, 3.05) is 32.9 Å². The first-order valence-corrected chi connectivity index (χ1v) is 11.0. The van der Waals surface area contributed by atoms with Gasteiger partial charge in [-0.15, -0.1) is 11.3 Å². The molecule has 2 heterocycles. The van der Waals surface area contributed by atoms with Gasteiger partial charge < -0.3 is 14.8 Å². The highest BCUT2D eigenvalue weighted by molar-refractivity contribution is 7.91. The fourth-order valence-corrected chi connectivity index (χ4v) is 5.56. The number of amides is 1. The lowest BCUT2D eigenvalue weighted by molar-refractivity contribution is -0.123. The van der Waals surface area contributed by atoms with E-state index in [0.717, 1.165) is 17.4 Å². The number of rotatable bonds is 7. The van der Waals surface area contributed by atoms with Gasteiger partial charge in [0.1, 0.15) is 15.8 Å². The van der Waals surface area contributed by atoms with E-state index in [1.165, 1.54) is 22.5 Å². The van der Waals surface area contributed by atoms with Crippen LogP contribution < -0.4 is 10.1 Å². The molecule has 11 heteroatoms. The molecule has 0 spiro atoms. The average molecular weight is 449 g/mol. The molecule has 1 fully saturated rings. The predicted octanol–water partition coefficient (Wildman–Crippen LogP) is 2.26. The van der Waals surface area contributed by atoms with E-state index in [4.69, 9.17) is 21.1 Å². The summed E-state index contributed by atoms with van der Waals surface area (Å²) in [6.07, 6.45) is 0. The summed E-state index contributed by atoms with van der Waals surface area (Å²) in [5.41, 5.74) is 0. The van der Waals surface area contributed by atoms with Gasteiger partial charge in [0, 0.05) is 18.0 Å². The molecule has 3 rings (SSSR count). The van der Waals surface area contributed by atoms with Gasteiger partial charge in [-0.2, -0.15) is 4.31 Å². The summed E-state index contributed by atoms with van der Waals surface area (Å²) in [6, 6.07) is 6.81. The zero-order valence-electron chi connectivity index (χ0n) is 14.7. The Morgan fingerprint density at radius 3 is 2.75 bits per heavy atom. The predicted molar refractivity (Wildman–Crippen MR) is 103 cm³/mol. The number of sulfonamides is 1. The van der Waals surface area contributed by atoms with Crippen molar-refractivity contribution in [2.45, 2.75) is 10.8 Å². The highest BCUT2D eigenvalue weighted by atomic mass is 35.5. The second-order valence-electron chi connectivity index (χ2n) is 5.88. The third-order valence-corrected chi connectivity index (χ3v) is 7.66. The first-order valence-electron chi connectivity index (χ1n) is 8.37. The lowest BCUT2D eigenvalue weighted by Gasteiger charge is -2.25. The zero-order valence-corrected chi connectivity index (χ0v) is 17.1. The van der Waals surface area contributed by atoms with Crippen LogP contribution in [-0.4, -0.2) is 51.5 Å². The topological polar surface area (TPSA) is 84.9 Å². The molecule has 0 bridgehead atoms. The highest BCUT2D eigenvalue weighted by Crippen LogP contribution is 2.26. The molecule has 0 atom stereocenters. The second-order valence-corrected chi connectivity index (χ2v) is 9.62. The minimum Gasteiger partial charge on any atom is -0.482 e. The fourth-order valence-electron chi connectivity index (χ4n) is 2.48. The van der Waals surface area contributed by atoms with Gasteiger partial charge in [0.25, 0.3) is 15.9 Å². The molecule has 1 N–H and O–H groups in total. The summed E-state index contributed by atoms with van der Waals surface area (Å²) < 4.78 is 50.2. The van der Waals surface area contributed by atoms with Crippen LogP contribution in [0.3, 0.4) is 0 Å². The number of hydrogen-bond acceptors (Lipinski definition) is 6. The molecule has 28 heavy (non-hydrogen) atoms. The Morgan fingerprint density at radius 1 is 1.29 bits per heavy atom. The van der Waals surface area contributed by atoms with Crippen LogP contribution >= 0.6 is 22.9 Å². The van der Waals surface area contributed by atoms with E-state index in [1.807, 2.05) is 0 Å². The van der Waals surface area contributed by atoms with E-state index in [2.05, 4.69) is 5.32 Å².